The topological polar surface area (TPSA) is 75.1 Å². The molecule has 0 fully saturated rings. The average molecular weight is 235 g/mol. The Labute approximate surface area is 99.4 Å². The first-order valence-corrected chi connectivity index (χ1v) is 5.79. The van der Waals surface area contributed by atoms with Gasteiger partial charge in [-0.15, -0.1) is 5.10 Å². The molecule has 0 aliphatic heterocycles. The van der Waals surface area contributed by atoms with Crippen molar-refractivity contribution in [3.05, 3.63) is 17.6 Å². The van der Waals surface area contributed by atoms with Gasteiger partial charge >= 0.3 is 0 Å². The molecular formula is C11H17N5O. The highest BCUT2D eigenvalue weighted by atomic mass is 16.1. The highest BCUT2D eigenvalue weighted by molar-refractivity contribution is 5.75. The summed E-state index contributed by atoms with van der Waals surface area (Å²) >= 11 is 0. The lowest BCUT2D eigenvalue weighted by atomic mass is 10.1. The number of hydrogen-bond donors (Lipinski definition) is 2. The van der Waals surface area contributed by atoms with Crippen molar-refractivity contribution < 1.29 is 4.79 Å². The number of nitrogens with zero attached hydrogens (tertiary/aromatic N) is 3. The van der Waals surface area contributed by atoms with Gasteiger partial charge in [0.15, 0.2) is 11.5 Å². The molecule has 0 radical (unpaired) electrons. The summed E-state index contributed by atoms with van der Waals surface area (Å²) in [7, 11) is 0. The summed E-state index contributed by atoms with van der Waals surface area (Å²) in [6, 6.07) is 1.94. The molecule has 2 rings (SSSR count). The minimum Gasteiger partial charge on any atom is -0.355 e. The Kier molecular flexibility index (Phi) is 3.12. The van der Waals surface area contributed by atoms with E-state index >= 15 is 0 Å². The predicted octanol–water partition coefficient (Wildman–Crippen LogP) is 0.996. The number of amides is 1. The van der Waals surface area contributed by atoms with Crippen LogP contribution < -0.4 is 5.32 Å². The van der Waals surface area contributed by atoms with Crippen LogP contribution in [-0.4, -0.2) is 32.3 Å². The molecule has 1 atom stereocenters. The molecular weight excluding hydrogens is 218 g/mol. The summed E-state index contributed by atoms with van der Waals surface area (Å²) in [5, 5.41) is 10.2. The van der Waals surface area contributed by atoms with Crippen LogP contribution in [0.4, 0.5) is 0 Å². The van der Waals surface area contributed by atoms with Crippen molar-refractivity contribution in [2.75, 3.05) is 6.54 Å². The lowest BCUT2D eigenvalue weighted by Crippen LogP contribution is -2.27. The van der Waals surface area contributed by atoms with Crippen LogP contribution in [0.5, 0.6) is 0 Å². The lowest BCUT2D eigenvalue weighted by molar-refractivity contribution is -0.120. The van der Waals surface area contributed by atoms with E-state index in [1.165, 1.54) is 0 Å². The molecule has 1 unspecified atom stereocenters. The van der Waals surface area contributed by atoms with Crippen molar-refractivity contribution in [3.63, 3.8) is 0 Å². The summed E-state index contributed by atoms with van der Waals surface area (Å²) in [5.74, 6) is 0.907. The summed E-state index contributed by atoms with van der Waals surface area (Å²) in [5.41, 5.74) is 1.84. The van der Waals surface area contributed by atoms with E-state index in [1.807, 2.05) is 26.8 Å². The first-order valence-electron chi connectivity index (χ1n) is 5.79. The van der Waals surface area contributed by atoms with E-state index in [-0.39, 0.29) is 11.8 Å². The summed E-state index contributed by atoms with van der Waals surface area (Å²) in [4.78, 5) is 15.6. The summed E-state index contributed by atoms with van der Waals surface area (Å²) in [6.45, 7) is 6.36. The molecule has 2 aromatic rings. The van der Waals surface area contributed by atoms with Crippen molar-refractivity contribution in [1.29, 1.82) is 0 Å². The molecule has 0 saturated carbocycles. The summed E-state index contributed by atoms with van der Waals surface area (Å²) in [6.07, 6.45) is 0.503. The zero-order valence-corrected chi connectivity index (χ0v) is 10.3. The van der Waals surface area contributed by atoms with Crippen LogP contribution >= 0.6 is 0 Å². The third-order valence-corrected chi connectivity index (χ3v) is 2.64. The highest BCUT2D eigenvalue weighted by Gasteiger charge is 2.13. The van der Waals surface area contributed by atoms with Gasteiger partial charge in [0.25, 0.3) is 0 Å². The smallest absolute Gasteiger partial charge is 0.219 e. The highest BCUT2D eigenvalue weighted by Crippen LogP contribution is 2.11. The Bertz CT molecular complexity index is 495. The fourth-order valence-electron chi connectivity index (χ4n) is 1.60. The molecule has 92 valence electrons. The maximum absolute atomic E-state index is 11.2. The Morgan fingerprint density at radius 1 is 1.65 bits per heavy atom. The van der Waals surface area contributed by atoms with Crippen LogP contribution in [0.3, 0.4) is 0 Å². The SMILES string of the molecule is CCC(=O)NCC(C)c1nc2cc(C)[nH]n2n1. The number of aryl methyl sites for hydroxylation is 1. The van der Waals surface area contributed by atoms with E-state index in [0.717, 1.165) is 17.2 Å². The number of carbonyl (C=O) groups is 1. The van der Waals surface area contributed by atoms with E-state index in [1.54, 1.807) is 4.63 Å². The second kappa shape index (κ2) is 4.57. The quantitative estimate of drug-likeness (QED) is 0.830. The van der Waals surface area contributed by atoms with E-state index in [4.69, 9.17) is 0 Å². The normalized spacial score (nSPS) is 12.9. The minimum absolute atomic E-state index is 0.0532. The van der Waals surface area contributed by atoms with Gasteiger partial charge in [-0.05, 0) is 6.92 Å². The van der Waals surface area contributed by atoms with Gasteiger partial charge in [0.1, 0.15) is 0 Å². The van der Waals surface area contributed by atoms with Gasteiger partial charge in [0.2, 0.25) is 5.91 Å². The Balaban J connectivity index is 2.05. The second-order valence-electron chi connectivity index (χ2n) is 4.24. The molecule has 2 aromatic heterocycles. The molecule has 0 spiro atoms. The van der Waals surface area contributed by atoms with Crippen LogP contribution in [0.2, 0.25) is 0 Å². The zero-order chi connectivity index (χ0) is 12.4. The van der Waals surface area contributed by atoms with E-state index in [9.17, 15) is 4.79 Å². The van der Waals surface area contributed by atoms with Crippen LogP contribution in [-0.2, 0) is 4.79 Å². The zero-order valence-electron chi connectivity index (χ0n) is 10.3. The monoisotopic (exact) mass is 235 g/mol. The third-order valence-electron chi connectivity index (χ3n) is 2.64. The van der Waals surface area contributed by atoms with Gasteiger partial charge in [-0.25, -0.2) is 4.98 Å². The van der Waals surface area contributed by atoms with Crippen LogP contribution in [0.25, 0.3) is 5.65 Å². The number of hydrogen-bond acceptors (Lipinski definition) is 3. The molecule has 6 heteroatoms. The predicted molar refractivity (Wildman–Crippen MR) is 63.8 cm³/mol. The third kappa shape index (κ3) is 2.46. The number of carbonyl (C=O) groups excluding carboxylic acids is 1. The number of nitrogens with one attached hydrogen (secondary N) is 2. The number of aromatic nitrogens is 4. The van der Waals surface area contributed by atoms with Crippen molar-refractivity contribution in [2.45, 2.75) is 33.1 Å². The van der Waals surface area contributed by atoms with Crippen molar-refractivity contribution in [3.8, 4) is 0 Å². The molecule has 0 bridgehead atoms. The minimum atomic E-state index is 0.0532. The Morgan fingerprint density at radius 3 is 3.06 bits per heavy atom. The molecule has 0 saturated heterocycles. The molecule has 6 nitrogen and oxygen atoms in total. The van der Waals surface area contributed by atoms with E-state index in [2.05, 4.69) is 20.5 Å². The second-order valence-corrected chi connectivity index (χ2v) is 4.24. The first kappa shape index (κ1) is 11.6. The fourth-order valence-corrected chi connectivity index (χ4v) is 1.60. The van der Waals surface area contributed by atoms with Crippen LogP contribution in [0.1, 0.15) is 37.7 Å². The van der Waals surface area contributed by atoms with Gasteiger partial charge in [-0.3, -0.25) is 9.89 Å². The van der Waals surface area contributed by atoms with E-state index in [0.29, 0.717) is 13.0 Å². The van der Waals surface area contributed by atoms with Crippen molar-refractivity contribution in [1.82, 2.24) is 25.1 Å². The van der Waals surface area contributed by atoms with Gasteiger partial charge < -0.3 is 5.32 Å². The number of aromatic amines is 1. The van der Waals surface area contributed by atoms with Crippen molar-refractivity contribution >= 4 is 11.6 Å². The maximum Gasteiger partial charge on any atom is 0.219 e. The molecule has 2 heterocycles. The largest absolute Gasteiger partial charge is 0.355 e. The Morgan fingerprint density at radius 2 is 2.41 bits per heavy atom. The summed E-state index contributed by atoms with van der Waals surface area (Å²) < 4.78 is 1.66. The average Bonchev–Trinajstić information content (AvgIpc) is 2.82. The maximum atomic E-state index is 11.2. The number of H-pyrrole nitrogens is 1. The number of rotatable bonds is 4. The number of fused-ring (bicyclic) bond motifs is 1. The van der Waals surface area contributed by atoms with Crippen LogP contribution in [0.15, 0.2) is 6.07 Å². The van der Waals surface area contributed by atoms with E-state index < -0.39 is 0 Å². The van der Waals surface area contributed by atoms with Crippen molar-refractivity contribution in [2.24, 2.45) is 0 Å². The fraction of sp³-hybridized carbons (Fsp3) is 0.545. The Hall–Kier alpha value is -1.85. The van der Waals surface area contributed by atoms with Crippen LogP contribution in [0, 0.1) is 6.92 Å². The lowest BCUT2D eigenvalue weighted by Gasteiger charge is -2.07. The molecule has 0 aliphatic carbocycles. The van der Waals surface area contributed by atoms with Gasteiger partial charge in [-0.2, -0.15) is 4.63 Å². The first-order chi connectivity index (χ1) is 8.10. The van der Waals surface area contributed by atoms with Gasteiger partial charge in [-0.1, -0.05) is 13.8 Å². The molecule has 2 N–H and O–H groups in total. The molecule has 1 amide bonds. The molecule has 0 aliphatic rings. The molecule has 0 aromatic carbocycles. The standard InChI is InChI=1S/C11H17N5O/c1-4-10(17)12-6-7(2)11-13-9-5-8(3)14-16(9)15-11/h5,7,14H,4,6H2,1-3H3,(H,12,17). The van der Waals surface area contributed by atoms with Gasteiger partial charge in [0, 0.05) is 30.6 Å². The molecule has 17 heavy (non-hydrogen) atoms. The van der Waals surface area contributed by atoms with Gasteiger partial charge in [0.05, 0.1) is 0 Å².